The van der Waals surface area contributed by atoms with Crippen LogP contribution >= 0.6 is 0 Å². The minimum absolute atomic E-state index is 0.130. The van der Waals surface area contributed by atoms with Crippen LogP contribution in [0.4, 0.5) is 0 Å². The Balaban J connectivity index is 2.86. The van der Waals surface area contributed by atoms with E-state index in [9.17, 15) is 5.11 Å². The van der Waals surface area contributed by atoms with Gasteiger partial charge in [-0.3, -0.25) is 0 Å². The number of nitrogens with one attached hydrogen (secondary N) is 1. The molecule has 3 heteroatoms. The Labute approximate surface area is 110 Å². The minimum Gasteiger partial charge on any atom is -0.496 e. The molecule has 0 bridgehead atoms. The van der Waals surface area contributed by atoms with Gasteiger partial charge in [0.1, 0.15) is 5.75 Å². The summed E-state index contributed by atoms with van der Waals surface area (Å²) in [6.45, 7) is 9.65. The molecule has 0 saturated heterocycles. The average Bonchev–Trinajstić information content (AvgIpc) is 2.27. The Morgan fingerprint density at radius 2 is 2.00 bits per heavy atom. The second-order valence-electron chi connectivity index (χ2n) is 5.76. The fraction of sp³-hybridized carbons (Fsp3) is 0.600. The van der Waals surface area contributed by atoms with Crippen LogP contribution in [0.5, 0.6) is 5.75 Å². The third-order valence-electron chi connectivity index (χ3n) is 2.90. The first-order valence-corrected chi connectivity index (χ1v) is 6.40. The summed E-state index contributed by atoms with van der Waals surface area (Å²) < 4.78 is 5.37. The van der Waals surface area contributed by atoms with Crippen LogP contribution in [0.3, 0.4) is 0 Å². The van der Waals surface area contributed by atoms with Crippen LogP contribution < -0.4 is 10.1 Å². The van der Waals surface area contributed by atoms with E-state index in [0.717, 1.165) is 11.3 Å². The van der Waals surface area contributed by atoms with Crippen LogP contribution in [-0.2, 0) is 12.0 Å². The van der Waals surface area contributed by atoms with E-state index in [4.69, 9.17) is 4.74 Å². The molecule has 0 saturated carbocycles. The van der Waals surface area contributed by atoms with E-state index in [1.807, 2.05) is 6.07 Å². The van der Waals surface area contributed by atoms with Crippen LogP contribution in [0, 0.1) is 0 Å². The van der Waals surface area contributed by atoms with Crippen molar-refractivity contribution >= 4 is 0 Å². The average molecular weight is 251 g/mol. The van der Waals surface area contributed by atoms with Gasteiger partial charge in [-0.25, -0.2) is 0 Å². The molecule has 0 radical (unpaired) electrons. The Morgan fingerprint density at radius 3 is 2.50 bits per heavy atom. The van der Waals surface area contributed by atoms with Crippen molar-refractivity contribution in [3.8, 4) is 5.75 Å². The summed E-state index contributed by atoms with van der Waals surface area (Å²) in [5, 5.41) is 12.5. The van der Waals surface area contributed by atoms with Crippen molar-refractivity contribution in [3.63, 3.8) is 0 Å². The second-order valence-corrected chi connectivity index (χ2v) is 5.76. The molecule has 0 heterocycles. The molecule has 3 nitrogen and oxygen atoms in total. The predicted octanol–water partition coefficient (Wildman–Crippen LogP) is 2.46. The minimum atomic E-state index is -0.332. The van der Waals surface area contributed by atoms with Gasteiger partial charge in [0.15, 0.2) is 0 Å². The van der Waals surface area contributed by atoms with E-state index in [2.05, 4.69) is 38.2 Å². The summed E-state index contributed by atoms with van der Waals surface area (Å²) in [6, 6.07) is 6.30. The standard InChI is InChI=1S/C15H25NO2/c1-11(17)9-16-10-12-8-13(15(2,3)4)6-7-14(12)18-5/h6-8,11,16-17H,9-10H2,1-5H3. The Bertz CT molecular complexity index is 381. The lowest BCUT2D eigenvalue weighted by atomic mass is 9.86. The van der Waals surface area contributed by atoms with Gasteiger partial charge in [0.05, 0.1) is 13.2 Å². The van der Waals surface area contributed by atoms with Gasteiger partial charge in [-0.2, -0.15) is 0 Å². The largest absolute Gasteiger partial charge is 0.496 e. The highest BCUT2D eigenvalue weighted by atomic mass is 16.5. The molecule has 0 fully saturated rings. The highest BCUT2D eigenvalue weighted by Crippen LogP contribution is 2.27. The Hall–Kier alpha value is -1.06. The molecule has 0 aliphatic rings. The molecule has 1 atom stereocenters. The van der Waals surface area contributed by atoms with Gasteiger partial charge in [-0.1, -0.05) is 32.9 Å². The first-order valence-electron chi connectivity index (χ1n) is 6.40. The molecule has 0 aromatic heterocycles. The predicted molar refractivity (Wildman–Crippen MR) is 75.1 cm³/mol. The highest BCUT2D eigenvalue weighted by molar-refractivity contribution is 5.39. The van der Waals surface area contributed by atoms with Crippen molar-refractivity contribution < 1.29 is 9.84 Å². The van der Waals surface area contributed by atoms with Crippen LogP contribution in [-0.4, -0.2) is 24.9 Å². The molecule has 2 N–H and O–H groups in total. The van der Waals surface area contributed by atoms with Gasteiger partial charge >= 0.3 is 0 Å². The smallest absolute Gasteiger partial charge is 0.123 e. The summed E-state index contributed by atoms with van der Waals surface area (Å²) >= 11 is 0. The summed E-state index contributed by atoms with van der Waals surface area (Å²) in [6.07, 6.45) is -0.332. The second kappa shape index (κ2) is 6.21. The molecule has 0 aliphatic carbocycles. The number of hydrogen-bond acceptors (Lipinski definition) is 3. The zero-order valence-corrected chi connectivity index (χ0v) is 12.1. The zero-order valence-electron chi connectivity index (χ0n) is 12.1. The number of hydrogen-bond donors (Lipinski definition) is 2. The number of benzene rings is 1. The molecule has 102 valence electrons. The van der Waals surface area contributed by atoms with E-state index >= 15 is 0 Å². The Kier molecular flexibility index (Phi) is 5.17. The molecule has 1 aromatic rings. The van der Waals surface area contributed by atoms with Crippen molar-refractivity contribution in [2.45, 2.75) is 45.8 Å². The lowest BCUT2D eigenvalue weighted by molar-refractivity contribution is 0.191. The van der Waals surface area contributed by atoms with Crippen LogP contribution in [0.1, 0.15) is 38.8 Å². The van der Waals surface area contributed by atoms with Crippen molar-refractivity contribution in [3.05, 3.63) is 29.3 Å². The highest BCUT2D eigenvalue weighted by Gasteiger charge is 2.15. The van der Waals surface area contributed by atoms with Gasteiger partial charge < -0.3 is 15.2 Å². The van der Waals surface area contributed by atoms with Gasteiger partial charge in [0.25, 0.3) is 0 Å². The summed E-state index contributed by atoms with van der Waals surface area (Å²) in [5.41, 5.74) is 2.55. The van der Waals surface area contributed by atoms with Crippen molar-refractivity contribution in [2.24, 2.45) is 0 Å². The van der Waals surface area contributed by atoms with E-state index in [-0.39, 0.29) is 11.5 Å². The van der Waals surface area contributed by atoms with Gasteiger partial charge in [-0.05, 0) is 24.0 Å². The maximum Gasteiger partial charge on any atom is 0.123 e. The van der Waals surface area contributed by atoms with Crippen molar-refractivity contribution in [1.82, 2.24) is 5.32 Å². The topological polar surface area (TPSA) is 41.5 Å². The van der Waals surface area contributed by atoms with Gasteiger partial charge in [-0.15, -0.1) is 0 Å². The summed E-state index contributed by atoms with van der Waals surface area (Å²) in [7, 11) is 1.68. The molecule has 1 unspecified atom stereocenters. The lowest BCUT2D eigenvalue weighted by Gasteiger charge is -2.21. The summed E-state index contributed by atoms with van der Waals surface area (Å²) in [5.74, 6) is 0.890. The number of rotatable bonds is 5. The maximum absolute atomic E-state index is 9.25. The number of methoxy groups -OCH3 is 1. The molecular formula is C15H25NO2. The summed E-state index contributed by atoms with van der Waals surface area (Å²) in [4.78, 5) is 0. The molecule has 0 spiro atoms. The molecule has 1 aromatic carbocycles. The number of aliphatic hydroxyl groups excluding tert-OH is 1. The van der Waals surface area contributed by atoms with E-state index < -0.39 is 0 Å². The Morgan fingerprint density at radius 1 is 1.33 bits per heavy atom. The third-order valence-corrected chi connectivity index (χ3v) is 2.90. The monoisotopic (exact) mass is 251 g/mol. The van der Waals surface area contributed by atoms with Gasteiger partial charge in [0, 0.05) is 18.7 Å². The van der Waals surface area contributed by atoms with E-state index in [0.29, 0.717) is 13.1 Å². The molecule has 0 amide bonds. The third kappa shape index (κ3) is 4.31. The molecule has 1 rings (SSSR count). The van der Waals surface area contributed by atoms with Crippen LogP contribution in [0.25, 0.3) is 0 Å². The van der Waals surface area contributed by atoms with Gasteiger partial charge in [0.2, 0.25) is 0 Å². The van der Waals surface area contributed by atoms with Crippen molar-refractivity contribution in [1.29, 1.82) is 0 Å². The SMILES string of the molecule is COc1ccc(C(C)(C)C)cc1CNCC(C)O. The molecular weight excluding hydrogens is 226 g/mol. The maximum atomic E-state index is 9.25. The molecule has 18 heavy (non-hydrogen) atoms. The number of aliphatic hydroxyl groups is 1. The van der Waals surface area contributed by atoms with Crippen LogP contribution in [0.15, 0.2) is 18.2 Å². The van der Waals surface area contributed by atoms with Crippen molar-refractivity contribution in [2.75, 3.05) is 13.7 Å². The first-order chi connectivity index (χ1) is 8.34. The number of ether oxygens (including phenoxy) is 1. The quantitative estimate of drug-likeness (QED) is 0.844. The van der Waals surface area contributed by atoms with Crippen LogP contribution in [0.2, 0.25) is 0 Å². The zero-order chi connectivity index (χ0) is 13.8. The lowest BCUT2D eigenvalue weighted by Crippen LogP contribution is -2.24. The normalized spacial score (nSPS) is 13.4. The fourth-order valence-electron chi connectivity index (χ4n) is 1.80. The molecule has 0 aliphatic heterocycles. The first kappa shape index (κ1) is 15.0. The van der Waals surface area contributed by atoms with E-state index in [1.54, 1.807) is 14.0 Å². The fourth-order valence-corrected chi connectivity index (χ4v) is 1.80. The van der Waals surface area contributed by atoms with E-state index in [1.165, 1.54) is 5.56 Å².